The maximum Gasteiger partial charge on any atom is 0.0991 e. The quantitative estimate of drug-likeness (QED) is 0.780. The molecule has 4 heteroatoms. The maximum absolute atomic E-state index is 5.86. The molecular formula is C16H14ClN3. The van der Waals surface area contributed by atoms with Gasteiger partial charge in [0.1, 0.15) is 0 Å². The van der Waals surface area contributed by atoms with E-state index in [9.17, 15) is 0 Å². The standard InChI is InChI=1S/C16H14ClN3/c17-14-3-5-15(6-4-14)19-11-13-1-7-16(8-2-13)20-10-9-18-12-20/h1-10,12,19H,11H2. The van der Waals surface area contributed by atoms with Crippen molar-refractivity contribution in [3.05, 3.63) is 77.8 Å². The highest BCUT2D eigenvalue weighted by Gasteiger charge is 1.97. The molecule has 0 bridgehead atoms. The Hall–Kier alpha value is -2.26. The highest BCUT2D eigenvalue weighted by molar-refractivity contribution is 6.30. The van der Waals surface area contributed by atoms with E-state index in [2.05, 4.69) is 34.6 Å². The van der Waals surface area contributed by atoms with Crippen molar-refractivity contribution in [2.24, 2.45) is 0 Å². The summed E-state index contributed by atoms with van der Waals surface area (Å²) >= 11 is 5.86. The van der Waals surface area contributed by atoms with Crippen LogP contribution < -0.4 is 5.32 Å². The summed E-state index contributed by atoms with van der Waals surface area (Å²) in [5.41, 5.74) is 3.40. The molecule has 0 aliphatic heterocycles. The van der Waals surface area contributed by atoms with Crippen LogP contribution in [-0.4, -0.2) is 9.55 Å². The minimum Gasteiger partial charge on any atom is -0.381 e. The molecule has 100 valence electrons. The van der Waals surface area contributed by atoms with Crippen LogP contribution in [0.5, 0.6) is 0 Å². The second-order valence-corrected chi connectivity index (χ2v) is 4.93. The first-order valence-electron chi connectivity index (χ1n) is 6.38. The second kappa shape index (κ2) is 5.80. The molecule has 3 rings (SSSR count). The number of nitrogens with one attached hydrogen (secondary N) is 1. The average molecular weight is 284 g/mol. The van der Waals surface area contributed by atoms with E-state index in [1.165, 1.54) is 5.56 Å². The molecule has 20 heavy (non-hydrogen) atoms. The third-order valence-corrected chi connectivity index (χ3v) is 3.33. The molecule has 3 aromatic rings. The molecule has 0 fully saturated rings. The molecule has 3 nitrogen and oxygen atoms in total. The van der Waals surface area contributed by atoms with Gasteiger partial charge in [-0.25, -0.2) is 4.98 Å². The monoisotopic (exact) mass is 283 g/mol. The smallest absolute Gasteiger partial charge is 0.0991 e. The molecule has 0 saturated carbocycles. The Labute approximate surface area is 122 Å². The van der Waals surface area contributed by atoms with Crippen molar-refractivity contribution in [2.45, 2.75) is 6.54 Å². The van der Waals surface area contributed by atoms with E-state index in [1.807, 2.05) is 35.0 Å². The summed E-state index contributed by atoms with van der Waals surface area (Å²) in [5, 5.41) is 4.11. The van der Waals surface area contributed by atoms with Gasteiger partial charge in [-0.3, -0.25) is 0 Å². The van der Waals surface area contributed by atoms with Crippen molar-refractivity contribution in [3.8, 4) is 5.69 Å². The van der Waals surface area contributed by atoms with Crippen LogP contribution in [-0.2, 0) is 6.54 Å². The van der Waals surface area contributed by atoms with E-state index in [4.69, 9.17) is 11.6 Å². The SMILES string of the molecule is Clc1ccc(NCc2ccc(-n3ccnc3)cc2)cc1. The van der Waals surface area contributed by atoms with Gasteiger partial charge >= 0.3 is 0 Å². The van der Waals surface area contributed by atoms with Crippen LogP contribution in [0, 0.1) is 0 Å². The number of nitrogens with zero attached hydrogens (tertiary/aromatic N) is 2. The van der Waals surface area contributed by atoms with Crippen molar-refractivity contribution in [2.75, 3.05) is 5.32 Å². The fraction of sp³-hybridized carbons (Fsp3) is 0.0625. The zero-order valence-corrected chi connectivity index (χ0v) is 11.6. The summed E-state index contributed by atoms with van der Waals surface area (Å²) in [4.78, 5) is 4.04. The van der Waals surface area contributed by atoms with Crippen molar-refractivity contribution in [3.63, 3.8) is 0 Å². The minimum atomic E-state index is 0.750. The first kappa shape index (κ1) is 12.8. The fourth-order valence-corrected chi connectivity index (χ4v) is 2.10. The fourth-order valence-electron chi connectivity index (χ4n) is 1.97. The lowest BCUT2D eigenvalue weighted by Crippen LogP contribution is -1.99. The minimum absolute atomic E-state index is 0.750. The summed E-state index contributed by atoms with van der Waals surface area (Å²) in [6.45, 7) is 0.784. The zero-order chi connectivity index (χ0) is 13.8. The molecule has 0 aliphatic rings. The van der Waals surface area contributed by atoms with Gasteiger partial charge in [0.15, 0.2) is 0 Å². The molecule has 0 spiro atoms. The zero-order valence-electron chi connectivity index (χ0n) is 10.8. The lowest BCUT2D eigenvalue weighted by Gasteiger charge is -2.08. The number of hydrogen-bond acceptors (Lipinski definition) is 2. The highest BCUT2D eigenvalue weighted by atomic mass is 35.5. The lowest BCUT2D eigenvalue weighted by atomic mass is 10.2. The van der Waals surface area contributed by atoms with Gasteiger partial charge in [-0.2, -0.15) is 0 Å². The number of halogens is 1. The van der Waals surface area contributed by atoms with Crippen LogP contribution >= 0.6 is 11.6 Å². The van der Waals surface area contributed by atoms with Gasteiger partial charge in [-0.1, -0.05) is 23.7 Å². The van der Waals surface area contributed by atoms with E-state index < -0.39 is 0 Å². The Morgan fingerprint density at radius 2 is 1.75 bits per heavy atom. The number of imidazole rings is 1. The summed E-state index contributed by atoms with van der Waals surface area (Å²) in [6.07, 6.45) is 5.50. The topological polar surface area (TPSA) is 29.9 Å². The average Bonchev–Trinajstić information content (AvgIpc) is 3.01. The molecule has 2 aromatic carbocycles. The van der Waals surface area contributed by atoms with Crippen LogP contribution in [0.4, 0.5) is 5.69 Å². The van der Waals surface area contributed by atoms with Crippen LogP contribution in [0.3, 0.4) is 0 Å². The molecule has 1 N–H and O–H groups in total. The summed E-state index contributed by atoms with van der Waals surface area (Å²) in [6, 6.07) is 16.1. The number of benzene rings is 2. The first-order valence-corrected chi connectivity index (χ1v) is 6.76. The second-order valence-electron chi connectivity index (χ2n) is 4.50. The summed E-state index contributed by atoms with van der Waals surface area (Å²) in [5.74, 6) is 0. The maximum atomic E-state index is 5.86. The van der Waals surface area contributed by atoms with E-state index in [0.717, 1.165) is 22.9 Å². The molecule has 0 radical (unpaired) electrons. The van der Waals surface area contributed by atoms with Crippen molar-refractivity contribution >= 4 is 17.3 Å². The van der Waals surface area contributed by atoms with Crippen LogP contribution in [0.25, 0.3) is 5.69 Å². The number of anilines is 1. The Morgan fingerprint density at radius 1 is 1.00 bits per heavy atom. The predicted molar refractivity (Wildman–Crippen MR) is 82.3 cm³/mol. The van der Waals surface area contributed by atoms with Gasteiger partial charge in [0.05, 0.1) is 6.33 Å². The van der Waals surface area contributed by atoms with Crippen molar-refractivity contribution in [1.82, 2.24) is 9.55 Å². The van der Waals surface area contributed by atoms with Crippen LogP contribution in [0.1, 0.15) is 5.56 Å². The molecule has 1 heterocycles. The molecule has 0 atom stereocenters. The third-order valence-electron chi connectivity index (χ3n) is 3.08. The summed E-state index contributed by atoms with van der Waals surface area (Å²) < 4.78 is 1.98. The van der Waals surface area contributed by atoms with Gasteiger partial charge in [0, 0.05) is 35.3 Å². The van der Waals surface area contributed by atoms with Crippen molar-refractivity contribution < 1.29 is 0 Å². The normalized spacial score (nSPS) is 10.4. The number of hydrogen-bond donors (Lipinski definition) is 1. The largest absolute Gasteiger partial charge is 0.381 e. The van der Waals surface area contributed by atoms with Crippen LogP contribution in [0.15, 0.2) is 67.3 Å². The third kappa shape index (κ3) is 3.00. The predicted octanol–water partition coefficient (Wildman–Crippen LogP) is 4.14. The van der Waals surface area contributed by atoms with E-state index in [0.29, 0.717) is 0 Å². The molecule has 0 amide bonds. The number of aromatic nitrogens is 2. The van der Waals surface area contributed by atoms with Gasteiger partial charge in [-0.15, -0.1) is 0 Å². The lowest BCUT2D eigenvalue weighted by molar-refractivity contribution is 1.05. The highest BCUT2D eigenvalue weighted by Crippen LogP contribution is 2.15. The van der Waals surface area contributed by atoms with Crippen LogP contribution in [0.2, 0.25) is 5.02 Å². The Bertz CT molecular complexity index is 658. The van der Waals surface area contributed by atoms with Gasteiger partial charge in [-0.05, 0) is 42.0 Å². The van der Waals surface area contributed by atoms with Gasteiger partial charge in [0.2, 0.25) is 0 Å². The van der Waals surface area contributed by atoms with E-state index in [1.54, 1.807) is 12.5 Å². The molecule has 1 aromatic heterocycles. The van der Waals surface area contributed by atoms with Gasteiger partial charge in [0.25, 0.3) is 0 Å². The molecule has 0 unspecified atom stereocenters. The molecular weight excluding hydrogens is 270 g/mol. The Morgan fingerprint density at radius 3 is 2.40 bits per heavy atom. The summed E-state index contributed by atoms with van der Waals surface area (Å²) in [7, 11) is 0. The molecule has 0 saturated heterocycles. The van der Waals surface area contributed by atoms with E-state index in [-0.39, 0.29) is 0 Å². The Kier molecular flexibility index (Phi) is 3.70. The van der Waals surface area contributed by atoms with E-state index >= 15 is 0 Å². The first-order chi connectivity index (χ1) is 9.81. The number of rotatable bonds is 4. The Balaban J connectivity index is 1.65. The van der Waals surface area contributed by atoms with Gasteiger partial charge < -0.3 is 9.88 Å². The molecule has 0 aliphatic carbocycles. The van der Waals surface area contributed by atoms with Crippen molar-refractivity contribution in [1.29, 1.82) is 0 Å².